The van der Waals surface area contributed by atoms with Gasteiger partial charge in [-0.15, -0.1) is 12.4 Å². The Morgan fingerprint density at radius 2 is 1.83 bits per heavy atom. The summed E-state index contributed by atoms with van der Waals surface area (Å²) in [5, 5.41) is 0. The van der Waals surface area contributed by atoms with Crippen LogP contribution < -0.4 is 23.7 Å². The number of hydrogen-bond acceptors (Lipinski definition) is 7. The van der Waals surface area contributed by atoms with Crippen LogP contribution in [-0.2, 0) is 6.54 Å². The molecular weight excluding hydrogens is 484 g/mol. The summed E-state index contributed by atoms with van der Waals surface area (Å²) in [6, 6.07) is 9.45. The number of fused-ring (bicyclic) bond motifs is 2. The number of rotatable bonds is 9. The molecule has 0 N–H and O–H groups in total. The number of hydrogen-bond donors (Lipinski definition) is 0. The highest BCUT2D eigenvalue weighted by Crippen LogP contribution is 2.36. The van der Waals surface area contributed by atoms with E-state index in [-0.39, 0.29) is 25.1 Å². The molecular formula is C27H35ClN2O6. The van der Waals surface area contributed by atoms with Gasteiger partial charge in [-0.05, 0) is 61.6 Å². The van der Waals surface area contributed by atoms with Gasteiger partial charge in [0.15, 0.2) is 23.0 Å². The van der Waals surface area contributed by atoms with Crippen LogP contribution in [0.2, 0.25) is 0 Å². The summed E-state index contributed by atoms with van der Waals surface area (Å²) in [6.07, 6.45) is 4.50. The molecule has 0 spiro atoms. The maximum Gasteiger partial charge on any atom is 0.254 e. The monoisotopic (exact) mass is 518 g/mol. The van der Waals surface area contributed by atoms with Crippen LogP contribution in [-0.4, -0.2) is 69.5 Å². The first-order chi connectivity index (χ1) is 17.1. The predicted molar refractivity (Wildman–Crippen MR) is 138 cm³/mol. The van der Waals surface area contributed by atoms with Crippen LogP contribution in [0.5, 0.6) is 28.7 Å². The number of amides is 1. The number of halogens is 1. The molecule has 9 heteroatoms. The van der Waals surface area contributed by atoms with Gasteiger partial charge in [-0.2, -0.15) is 0 Å². The van der Waals surface area contributed by atoms with Gasteiger partial charge in [0.25, 0.3) is 5.91 Å². The van der Waals surface area contributed by atoms with E-state index in [0.717, 1.165) is 67.4 Å². The summed E-state index contributed by atoms with van der Waals surface area (Å²) < 4.78 is 27.5. The maximum absolute atomic E-state index is 13.1. The van der Waals surface area contributed by atoms with Crippen LogP contribution in [0.3, 0.4) is 0 Å². The molecule has 3 aliphatic rings. The Labute approximate surface area is 218 Å². The number of nitrogens with zero attached hydrogens (tertiary/aromatic N) is 2. The molecule has 0 saturated carbocycles. The molecule has 3 heterocycles. The van der Waals surface area contributed by atoms with Gasteiger partial charge in [0.2, 0.25) is 6.79 Å². The lowest BCUT2D eigenvalue weighted by Gasteiger charge is -2.27. The maximum atomic E-state index is 13.1. The van der Waals surface area contributed by atoms with Gasteiger partial charge in [0.05, 0.1) is 20.8 Å². The van der Waals surface area contributed by atoms with E-state index < -0.39 is 0 Å². The molecule has 1 fully saturated rings. The Morgan fingerprint density at radius 1 is 1.03 bits per heavy atom. The van der Waals surface area contributed by atoms with E-state index in [0.29, 0.717) is 30.6 Å². The molecule has 3 aliphatic heterocycles. The second-order valence-corrected chi connectivity index (χ2v) is 9.43. The van der Waals surface area contributed by atoms with Gasteiger partial charge >= 0.3 is 0 Å². The summed E-state index contributed by atoms with van der Waals surface area (Å²) in [7, 11) is 3.22. The number of ether oxygens (including phenoxy) is 5. The lowest BCUT2D eigenvalue weighted by molar-refractivity contribution is 0.0735. The first-order valence-corrected chi connectivity index (χ1v) is 12.4. The van der Waals surface area contributed by atoms with Crippen molar-refractivity contribution in [3.63, 3.8) is 0 Å². The third-order valence-electron chi connectivity index (χ3n) is 7.05. The molecule has 2 aromatic rings. The number of benzene rings is 2. The van der Waals surface area contributed by atoms with Crippen LogP contribution in [0, 0.1) is 5.92 Å². The Balaban J connectivity index is 0.00000304. The van der Waals surface area contributed by atoms with E-state index in [9.17, 15) is 4.79 Å². The van der Waals surface area contributed by atoms with Crippen molar-refractivity contribution in [3.8, 4) is 28.7 Å². The standard InChI is InChI=1S/C27H34N2O6.ClH/c1-31-24-12-20-17-29(27(30)22(20)14-25(24)32-2)16-19-6-3-4-9-28(15-19)10-5-11-33-21-7-8-23-26(13-21)35-18-34-23;/h7-8,12-14,19H,3-6,9-11,15-18H2,1-2H3;1H. The third kappa shape index (κ3) is 5.76. The van der Waals surface area contributed by atoms with Crippen molar-refractivity contribution in [2.24, 2.45) is 5.92 Å². The summed E-state index contributed by atoms with van der Waals surface area (Å²) in [6.45, 7) is 5.44. The van der Waals surface area contributed by atoms with E-state index in [4.69, 9.17) is 23.7 Å². The van der Waals surface area contributed by atoms with E-state index in [2.05, 4.69) is 4.90 Å². The molecule has 0 radical (unpaired) electrons. The smallest absolute Gasteiger partial charge is 0.254 e. The normalized spacial score (nSPS) is 18.9. The van der Waals surface area contributed by atoms with Gasteiger partial charge in [0, 0.05) is 37.8 Å². The number of likely N-dealkylation sites (tertiary alicyclic amines) is 1. The first-order valence-electron chi connectivity index (χ1n) is 12.4. The Bertz CT molecular complexity index is 1060. The van der Waals surface area contributed by atoms with Gasteiger partial charge in [-0.25, -0.2) is 0 Å². The third-order valence-corrected chi connectivity index (χ3v) is 7.05. The highest BCUT2D eigenvalue weighted by atomic mass is 35.5. The number of methoxy groups -OCH3 is 2. The molecule has 196 valence electrons. The van der Waals surface area contributed by atoms with Crippen LogP contribution in [0.4, 0.5) is 0 Å². The SMILES string of the molecule is COc1cc2c(cc1OC)C(=O)N(CC1CCCCN(CCCOc3ccc4c(c3)OCO4)C1)C2.Cl. The van der Waals surface area contributed by atoms with Crippen LogP contribution in [0.25, 0.3) is 0 Å². The molecule has 1 amide bonds. The summed E-state index contributed by atoms with van der Waals surface area (Å²) in [5.74, 6) is 4.15. The molecule has 1 atom stereocenters. The van der Waals surface area contributed by atoms with Crippen molar-refractivity contribution >= 4 is 18.3 Å². The van der Waals surface area contributed by atoms with Crippen LogP contribution in [0.1, 0.15) is 41.6 Å². The van der Waals surface area contributed by atoms with Crippen molar-refractivity contribution in [3.05, 3.63) is 41.5 Å². The molecule has 1 saturated heterocycles. The van der Waals surface area contributed by atoms with Crippen LogP contribution in [0.15, 0.2) is 30.3 Å². The molecule has 0 bridgehead atoms. The van der Waals surface area contributed by atoms with Crippen molar-refractivity contribution in [1.29, 1.82) is 0 Å². The van der Waals surface area contributed by atoms with Gasteiger partial charge < -0.3 is 33.5 Å². The van der Waals surface area contributed by atoms with Crippen molar-refractivity contribution < 1.29 is 28.5 Å². The minimum absolute atomic E-state index is 0. The van der Waals surface area contributed by atoms with Gasteiger partial charge in [-0.3, -0.25) is 4.79 Å². The highest BCUT2D eigenvalue weighted by molar-refractivity contribution is 5.99. The summed E-state index contributed by atoms with van der Waals surface area (Å²) in [5.41, 5.74) is 1.74. The average Bonchev–Trinajstić information content (AvgIpc) is 3.38. The van der Waals surface area contributed by atoms with E-state index in [1.807, 2.05) is 35.2 Å². The lowest BCUT2D eigenvalue weighted by Crippen LogP contribution is -2.36. The molecule has 36 heavy (non-hydrogen) atoms. The fraction of sp³-hybridized carbons (Fsp3) is 0.519. The topological polar surface area (TPSA) is 69.7 Å². The number of carbonyl (C=O) groups is 1. The minimum atomic E-state index is 0. The lowest BCUT2D eigenvalue weighted by atomic mass is 10.0. The van der Waals surface area contributed by atoms with E-state index in [1.54, 1.807) is 14.2 Å². The molecule has 1 unspecified atom stereocenters. The van der Waals surface area contributed by atoms with Crippen molar-refractivity contribution in [2.45, 2.75) is 32.2 Å². The predicted octanol–water partition coefficient (Wildman–Crippen LogP) is 4.38. The molecule has 8 nitrogen and oxygen atoms in total. The molecule has 2 aromatic carbocycles. The Hall–Kier alpha value is -2.84. The highest BCUT2D eigenvalue weighted by Gasteiger charge is 2.31. The fourth-order valence-corrected chi connectivity index (χ4v) is 5.27. The number of carbonyl (C=O) groups excluding carboxylic acids is 1. The molecule has 5 rings (SSSR count). The summed E-state index contributed by atoms with van der Waals surface area (Å²) in [4.78, 5) is 17.6. The second-order valence-electron chi connectivity index (χ2n) is 9.43. The zero-order valence-electron chi connectivity index (χ0n) is 21.0. The molecule has 0 aromatic heterocycles. The van der Waals surface area contributed by atoms with Crippen molar-refractivity contribution in [2.75, 3.05) is 53.8 Å². The quantitative estimate of drug-likeness (QED) is 0.456. The Morgan fingerprint density at radius 3 is 2.67 bits per heavy atom. The van der Waals surface area contributed by atoms with E-state index in [1.165, 1.54) is 12.8 Å². The minimum Gasteiger partial charge on any atom is -0.493 e. The summed E-state index contributed by atoms with van der Waals surface area (Å²) >= 11 is 0. The average molecular weight is 519 g/mol. The first kappa shape index (κ1) is 26.2. The fourth-order valence-electron chi connectivity index (χ4n) is 5.27. The largest absolute Gasteiger partial charge is 0.493 e. The second kappa shape index (κ2) is 11.9. The van der Waals surface area contributed by atoms with Gasteiger partial charge in [0.1, 0.15) is 5.75 Å². The Kier molecular flexibility index (Phi) is 8.69. The van der Waals surface area contributed by atoms with Crippen molar-refractivity contribution in [1.82, 2.24) is 9.80 Å². The zero-order chi connectivity index (χ0) is 24.2. The van der Waals surface area contributed by atoms with Gasteiger partial charge in [-0.1, -0.05) is 6.42 Å². The zero-order valence-corrected chi connectivity index (χ0v) is 21.8. The van der Waals surface area contributed by atoms with Crippen LogP contribution >= 0.6 is 12.4 Å². The van der Waals surface area contributed by atoms with E-state index >= 15 is 0 Å². The molecule has 0 aliphatic carbocycles.